The smallest absolute Gasteiger partial charge is 0.306 e. The van der Waals surface area contributed by atoms with Gasteiger partial charge in [-0.15, -0.1) is 0 Å². The van der Waals surface area contributed by atoms with Crippen molar-refractivity contribution in [1.29, 1.82) is 0 Å². The van der Waals surface area contributed by atoms with Crippen LogP contribution >= 0.6 is 7.82 Å². The van der Waals surface area contributed by atoms with Crippen LogP contribution in [-0.2, 0) is 32.7 Å². The van der Waals surface area contributed by atoms with E-state index in [0.29, 0.717) is 17.4 Å². The van der Waals surface area contributed by atoms with Crippen molar-refractivity contribution in [2.24, 2.45) is 0 Å². The topological polar surface area (TPSA) is 111 Å². The number of phosphoric ester groups is 1. The van der Waals surface area contributed by atoms with Crippen molar-refractivity contribution < 1.29 is 42.1 Å². The fourth-order valence-corrected chi connectivity index (χ4v) is 11.2. The number of esters is 2. The lowest BCUT2D eigenvalue weighted by atomic mass is 10.0. The average Bonchev–Trinajstić information content (AvgIpc) is 3.43. The number of hydrogen-bond donors (Lipinski definition) is 0. The fraction of sp³-hybridized carbons (Fsp3) is 0.887. The predicted octanol–water partition coefficient (Wildman–Crippen LogP) is 22.0. The van der Waals surface area contributed by atoms with Gasteiger partial charge >= 0.3 is 11.9 Å². The average molecular weight is 1160 g/mol. The maximum atomic E-state index is 12.8. The lowest BCUT2D eigenvalue weighted by Crippen LogP contribution is -2.37. The Morgan fingerprint density at radius 3 is 0.988 bits per heavy atom. The van der Waals surface area contributed by atoms with Gasteiger partial charge in [0.05, 0.1) is 27.7 Å². The molecule has 0 spiro atoms. The first-order valence-corrected chi connectivity index (χ1v) is 36.7. The molecule has 0 bridgehead atoms. The van der Waals surface area contributed by atoms with E-state index in [-0.39, 0.29) is 32.0 Å². The number of likely N-dealkylation sites (N-methyl/N-ethyl adjacent to an activating group) is 1. The minimum absolute atomic E-state index is 0.0294. The summed E-state index contributed by atoms with van der Waals surface area (Å²) in [6.07, 6.45) is 79.7. The first-order chi connectivity index (χ1) is 39.5. The van der Waals surface area contributed by atoms with Gasteiger partial charge < -0.3 is 27.9 Å². The number of hydrogen-bond acceptors (Lipinski definition) is 8. The van der Waals surface area contributed by atoms with Gasteiger partial charge in [0.1, 0.15) is 19.8 Å². The summed E-state index contributed by atoms with van der Waals surface area (Å²) in [5.74, 6) is -0.825. The zero-order chi connectivity index (χ0) is 59.1. The zero-order valence-corrected chi connectivity index (χ0v) is 55.4. The van der Waals surface area contributed by atoms with Crippen molar-refractivity contribution in [3.63, 3.8) is 0 Å². The van der Waals surface area contributed by atoms with Crippen LogP contribution in [0, 0.1) is 0 Å². The number of quaternary nitrogens is 1. The maximum Gasteiger partial charge on any atom is 0.306 e. The van der Waals surface area contributed by atoms with Crippen LogP contribution in [0.2, 0.25) is 0 Å². The van der Waals surface area contributed by atoms with E-state index in [1.54, 1.807) is 0 Å². The predicted molar refractivity (Wildman–Crippen MR) is 347 cm³/mol. The second-order valence-electron chi connectivity index (χ2n) is 25.2. The third-order valence-corrected chi connectivity index (χ3v) is 16.8. The molecule has 0 heterocycles. The molecule has 9 nitrogen and oxygen atoms in total. The van der Waals surface area contributed by atoms with Crippen molar-refractivity contribution in [1.82, 2.24) is 0 Å². The van der Waals surface area contributed by atoms with Crippen LogP contribution < -0.4 is 4.89 Å². The molecule has 0 amide bonds. The molecule has 0 aliphatic rings. The van der Waals surface area contributed by atoms with Gasteiger partial charge in [0, 0.05) is 12.8 Å². The number of ether oxygens (including phenoxy) is 2. The maximum absolute atomic E-state index is 12.8. The number of carbonyl (C=O) groups is 2. The second-order valence-corrected chi connectivity index (χ2v) is 26.7. The summed E-state index contributed by atoms with van der Waals surface area (Å²) in [5.41, 5.74) is 0. The molecule has 0 aromatic carbocycles. The normalized spacial score (nSPS) is 13.3. The van der Waals surface area contributed by atoms with E-state index < -0.39 is 26.5 Å². The van der Waals surface area contributed by atoms with Crippen LogP contribution in [0.5, 0.6) is 0 Å². The van der Waals surface area contributed by atoms with Crippen LogP contribution in [0.15, 0.2) is 36.5 Å². The van der Waals surface area contributed by atoms with Gasteiger partial charge in [0.25, 0.3) is 7.82 Å². The van der Waals surface area contributed by atoms with Crippen LogP contribution in [0.4, 0.5) is 0 Å². The molecule has 0 saturated heterocycles. The third kappa shape index (κ3) is 67.2. The van der Waals surface area contributed by atoms with E-state index >= 15 is 0 Å². The Hall–Kier alpha value is -1.77. The Morgan fingerprint density at radius 1 is 0.383 bits per heavy atom. The number of nitrogens with zero attached hydrogens (tertiary/aromatic N) is 1. The van der Waals surface area contributed by atoms with E-state index in [0.717, 1.165) is 57.8 Å². The molecule has 10 heteroatoms. The number of unbranched alkanes of at least 4 members (excludes halogenated alkanes) is 46. The Balaban J connectivity index is 3.85. The molecule has 0 fully saturated rings. The molecule has 81 heavy (non-hydrogen) atoms. The van der Waals surface area contributed by atoms with Gasteiger partial charge in [0.2, 0.25) is 0 Å². The summed E-state index contributed by atoms with van der Waals surface area (Å²) in [5, 5.41) is 0. The van der Waals surface area contributed by atoms with Crippen LogP contribution in [0.1, 0.15) is 354 Å². The number of carbonyl (C=O) groups excluding carboxylic acids is 2. The largest absolute Gasteiger partial charge is 0.756 e. The van der Waals surface area contributed by atoms with Gasteiger partial charge in [-0.2, -0.15) is 0 Å². The molecule has 0 aromatic heterocycles. The second kappa shape index (κ2) is 62.8. The van der Waals surface area contributed by atoms with Gasteiger partial charge in [-0.1, -0.05) is 307 Å². The highest BCUT2D eigenvalue weighted by molar-refractivity contribution is 7.45. The van der Waals surface area contributed by atoms with E-state index in [9.17, 15) is 19.0 Å². The summed E-state index contributed by atoms with van der Waals surface area (Å²) in [7, 11) is 1.18. The standard InChI is InChI=1S/C71H136NO8P/c1-6-8-10-12-14-16-18-20-22-24-25-26-27-28-29-30-31-32-33-34-35-36-37-38-39-40-41-42-43-44-45-46-47-48-50-52-54-56-58-60-62-64-71(74)80-69(68-79-81(75,76)78-66-65-72(3,4)5)67-77-70(73)63-61-59-57-55-53-51-49-23-21-19-17-15-13-11-9-7-2/h18,20,23-25,49,69H,6-17,19,21-22,26-48,50-68H2,1-5H3/b20-18-,25-24-,49-23-. The fourth-order valence-electron chi connectivity index (χ4n) is 10.5. The Morgan fingerprint density at radius 2 is 0.667 bits per heavy atom. The van der Waals surface area contributed by atoms with Crippen molar-refractivity contribution >= 4 is 19.8 Å². The van der Waals surface area contributed by atoms with E-state index in [1.165, 1.54) is 263 Å². The SMILES string of the molecule is CCCCCCC/C=C\C/C=C\CCCCCCCCCCCCCCCCCCCCCCCCCCCCCCCC(=O)OC(COC(=O)CCCCCCC/C=C\CCCCCCCCC)COP(=O)([O-])OCC[N+](C)(C)C. The minimum atomic E-state index is -4.64. The first kappa shape index (κ1) is 79.2. The highest BCUT2D eigenvalue weighted by Gasteiger charge is 2.22. The molecule has 0 radical (unpaired) electrons. The minimum Gasteiger partial charge on any atom is -0.756 e. The Kier molecular flexibility index (Phi) is 61.4. The van der Waals surface area contributed by atoms with Crippen molar-refractivity contribution in [3.8, 4) is 0 Å². The molecule has 0 aliphatic carbocycles. The van der Waals surface area contributed by atoms with E-state index in [1.807, 2.05) is 21.1 Å². The molecule has 0 N–H and O–H groups in total. The van der Waals surface area contributed by atoms with Gasteiger partial charge in [0.15, 0.2) is 6.10 Å². The lowest BCUT2D eigenvalue weighted by molar-refractivity contribution is -0.870. The molecule has 0 aliphatic heterocycles. The number of allylic oxidation sites excluding steroid dienone is 6. The first-order valence-electron chi connectivity index (χ1n) is 35.2. The van der Waals surface area contributed by atoms with Crippen molar-refractivity contribution in [2.45, 2.75) is 360 Å². The van der Waals surface area contributed by atoms with Crippen molar-refractivity contribution in [3.05, 3.63) is 36.5 Å². The van der Waals surface area contributed by atoms with Gasteiger partial charge in [-0.3, -0.25) is 14.2 Å². The van der Waals surface area contributed by atoms with E-state index in [4.69, 9.17) is 18.5 Å². The highest BCUT2D eigenvalue weighted by Crippen LogP contribution is 2.38. The summed E-state index contributed by atoms with van der Waals surface area (Å²) in [6, 6.07) is 0. The summed E-state index contributed by atoms with van der Waals surface area (Å²) in [6.45, 7) is 4.27. The molecular weight excluding hydrogens is 1030 g/mol. The van der Waals surface area contributed by atoms with Crippen molar-refractivity contribution in [2.75, 3.05) is 47.5 Å². The Bertz CT molecular complexity index is 1460. The summed E-state index contributed by atoms with van der Waals surface area (Å²) >= 11 is 0. The van der Waals surface area contributed by atoms with Crippen LogP contribution in [0.3, 0.4) is 0 Å². The highest BCUT2D eigenvalue weighted by atomic mass is 31.2. The molecule has 0 aromatic rings. The summed E-state index contributed by atoms with van der Waals surface area (Å²) in [4.78, 5) is 37.9. The van der Waals surface area contributed by atoms with Crippen LogP contribution in [0.25, 0.3) is 0 Å². The van der Waals surface area contributed by atoms with Gasteiger partial charge in [-0.25, -0.2) is 0 Å². The van der Waals surface area contributed by atoms with Crippen LogP contribution in [-0.4, -0.2) is 70.0 Å². The molecular formula is C71H136NO8P. The monoisotopic (exact) mass is 1160 g/mol. The Labute approximate surface area is 503 Å². The molecule has 478 valence electrons. The molecule has 2 atom stereocenters. The third-order valence-electron chi connectivity index (χ3n) is 15.9. The molecule has 2 unspecified atom stereocenters. The lowest BCUT2D eigenvalue weighted by Gasteiger charge is -2.28. The number of rotatable bonds is 66. The quantitative estimate of drug-likeness (QED) is 0.0195. The number of phosphoric acid groups is 1. The summed E-state index contributed by atoms with van der Waals surface area (Å²) < 4.78 is 34.2. The molecule has 0 saturated carbocycles. The van der Waals surface area contributed by atoms with Gasteiger partial charge in [-0.05, 0) is 70.6 Å². The van der Waals surface area contributed by atoms with E-state index in [2.05, 4.69) is 50.3 Å². The zero-order valence-electron chi connectivity index (χ0n) is 54.5. The molecule has 0 rings (SSSR count).